The van der Waals surface area contributed by atoms with Crippen LogP contribution in [0.2, 0.25) is 0 Å². The Morgan fingerprint density at radius 2 is 1.86 bits per heavy atom. The van der Waals surface area contributed by atoms with Crippen molar-refractivity contribution >= 4 is 11.6 Å². The zero-order chi connectivity index (χ0) is 19.7. The molecule has 2 aromatic carbocycles. The molecule has 0 amide bonds. The van der Waals surface area contributed by atoms with Crippen LogP contribution in [0.15, 0.2) is 72.9 Å². The molecular weight excluding hydrogens is 369 g/mol. The Balaban J connectivity index is 1.49. The summed E-state index contributed by atoms with van der Waals surface area (Å²) in [5, 5.41) is 7.50. The Hall–Kier alpha value is -3.55. The molecule has 3 aromatic rings. The zero-order valence-electron chi connectivity index (χ0n) is 14.6. The Morgan fingerprint density at radius 1 is 1.07 bits per heavy atom. The Bertz CT molecular complexity index is 1050. The van der Waals surface area contributed by atoms with Crippen molar-refractivity contribution in [2.24, 2.45) is 0 Å². The number of nitrogens with one attached hydrogen (secondary N) is 1. The van der Waals surface area contributed by atoms with Gasteiger partial charge in [-0.2, -0.15) is 22.8 Å². The normalized spacial score (nSPS) is 13.5. The van der Waals surface area contributed by atoms with Crippen LogP contribution in [-0.4, -0.2) is 21.4 Å². The summed E-state index contributed by atoms with van der Waals surface area (Å²) >= 11 is 0. The lowest BCUT2D eigenvalue weighted by atomic mass is 10.2. The summed E-state index contributed by atoms with van der Waals surface area (Å²) in [5.41, 5.74) is 1.29. The minimum atomic E-state index is -4.42. The van der Waals surface area contributed by atoms with E-state index in [9.17, 15) is 13.2 Å². The fourth-order valence-corrected chi connectivity index (χ4v) is 2.75. The number of hydrogen-bond acceptors (Lipinski definition) is 4. The van der Waals surface area contributed by atoms with Gasteiger partial charge in [0.25, 0.3) is 0 Å². The van der Waals surface area contributed by atoms with Gasteiger partial charge in [0, 0.05) is 5.56 Å². The maximum Gasteiger partial charge on any atom is 0.416 e. The van der Waals surface area contributed by atoms with E-state index in [1.807, 2.05) is 30.3 Å². The molecule has 0 aliphatic carbocycles. The lowest BCUT2D eigenvalue weighted by Crippen LogP contribution is -2.18. The van der Waals surface area contributed by atoms with Crippen LogP contribution in [0.1, 0.15) is 5.56 Å². The Labute approximate surface area is 158 Å². The monoisotopic (exact) mass is 384 g/mol. The third kappa shape index (κ3) is 3.62. The van der Waals surface area contributed by atoms with Crippen molar-refractivity contribution in [1.29, 1.82) is 0 Å². The van der Waals surface area contributed by atoms with E-state index in [4.69, 9.17) is 4.74 Å². The zero-order valence-corrected chi connectivity index (χ0v) is 14.6. The number of hydrogen-bond donors (Lipinski definition) is 1. The summed E-state index contributed by atoms with van der Waals surface area (Å²) in [4.78, 5) is 4.46. The van der Waals surface area contributed by atoms with Crippen molar-refractivity contribution in [1.82, 2.24) is 14.8 Å². The largest absolute Gasteiger partial charge is 0.487 e. The number of allylic oxidation sites excluding steroid dienone is 2. The van der Waals surface area contributed by atoms with Gasteiger partial charge in [-0.1, -0.05) is 43.0 Å². The number of anilines is 1. The molecule has 1 aliphatic heterocycles. The molecule has 142 valence electrons. The molecule has 4 rings (SSSR count). The number of ether oxygens (including phenoxy) is 1. The van der Waals surface area contributed by atoms with Crippen molar-refractivity contribution in [3.8, 4) is 17.1 Å². The predicted molar refractivity (Wildman–Crippen MR) is 99.4 cm³/mol. The molecule has 0 saturated carbocycles. The second kappa shape index (κ2) is 6.88. The topological polar surface area (TPSA) is 52.0 Å². The summed E-state index contributed by atoms with van der Waals surface area (Å²) in [6.45, 7) is 3.99. The number of alkyl halides is 3. The van der Waals surface area contributed by atoms with Gasteiger partial charge in [0.1, 0.15) is 12.4 Å². The van der Waals surface area contributed by atoms with E-state index in [1.165, 1.54) is 12.1 Å². The van der Waals surface area contributed by atoms with Gasteiger partial charge in [-0.05, 0) is 24.3 Å². The number of rotatable bonds is 4. The highest BCUT2D eigenvalue weighted by molar-refractivity contribution is 5.68. The fraction of sp³-hybridized carbons (Fsp3) is 0.100. The number of nitrogens with zero attached hydrogens (tertiary/aromatic N) is 3. The average Bonchev–Trinajstić information content (AvgIpc) is 3.12. The Kier molecular flexibility index (Phi) is 4.38. The van der Waals surface area contributed by atoms with Gasteiger partial charge in [-0.3, -0.25) is 0 Å². The van der Waals surface area contributed by atoms with Crippen LogP contribution in [-0.2, 0) is 6.18 Å². The van der Waals surface area contributed by atoms with Crippen LogP contribution in [0.5, 0.6) is 5.75 Å². The minimum absolute atomic E-state index is 0.0356. The second-order valence-corrected chi connectivity index (χ2v) is 6.14. The van der Waals surface area contributed by atoms with Crippen molar-refractivity contribution < 1.29 is 17.9 Å². The smallest absolute Gasteiger partial charge is 0.416 e. The number of fused-ring (bicyclic) bond motifs is 1. The maximum atomic E-state index is 12.8. The van der Waals surface area contributed by atoms with Crippen LogP contribution in [0, 0.1) is 0 Å². The van der Waals surface area contributed by atoms with E-state index in [0.717, 1.165) is 17.7 Å². The molecule has 1 N–H and O–H groups in total. The third-order valence-electron chi connectivity index (χ3n) is 4.08. The van der Waals surface area contributed by atoms with Gasteiger partial charge in [0.05, 0.1) is 17.0 Å². The molecule has 8 heteroatoms. The van der Waals surface area contributed by atoms with Crippen molar-refractivity contribution in [3.05, 3.63) is 78.5 Å². The average molecular weight is 384 g/mol. The summed E-state index contributed by atoms with van der Waals surface area (Å²) in [6.07, 6.45) is -2.70. The van der Waals surface area contributed by atoms with Gasteiger partial charge in [-0.15, -0.1) is 5.10 Å². The quantitative estimate of drug-likeness (QED) is 0.701. The number of benzene rings is 2. The predicted octanol–water partition coefficient (Wildman–Crippen LogP) is 4.82. The van der Waals surface area contributed by atoms with Gasteiger partial charge in [0.2, 0.25) is 5.95 Å². The van der Waals surface area contributed by atoms with E-state index >= 15 is 0 Å². The summed E-state index contributed by atoms with van der Waals surface area (Å²) in [5.74, 6) is 1.13. The molecular formula is C20H15F3N4O. The second-order valence-electron chi connectivity index (χ2n) is 6.14. The molecule has 1 aliphatic rings. The number of halogens is 3. The van der Waals surface area contributed by atoms with E-state index in [0.29, 0.717) is 23.2 Å². The minimum Gasteiger partial charge on any atom is -0.487 e. The fourth-order valence-electron chi connectivity index (χ4n) is 2.75. The van der Waals surface area contributed by atoms with Crippen molar-refractivity contribution in [3.63, 3.8) is 0 Å². The summed E-state index contributed by atoms with van der Waals surface area (Å²) in [7, 11) is 0. The van der Waals surface area contributed by atoms with Gasteiger partial charge in [-0.25, -0.2) is 0 Å². The highest BCUT2D eigenvalue weighted by Crippen LogP contribution is 2.31. The maximum absolute atomic E-state index is 12.8. The molecule has 2 heterocycles. The number of aromatic nitrogens is 3. The van der Waals surface area contributed by atoms with Crippen LogP contribution in [0.25, 0.3) is 17.1 Å². The highest BCUT2D eigenvalue weighted by Gasteiger charge is 2.30. The SMILES string of the molecule is C=C1C=C(COc2cccc(C(F)(F)F)c2)Nc2nc(-c3ccccc3)nn21. The first-order valence-corrected chi connectivity index (χ1v) is 8.39. The lowest BCUT2D eigenvalue weighted by Gasteiger charge is -2.18. The lowest BCUT2D eigenvalue weighted by molar-refractivity contribution is -0.137. The van der Waals surface area contributed by atoms with Crippen LogP contribution < -0.4 is 10.1 Å². The first-order valence-electron chi connectivity index (χ1n) is 8.39. The van der Waals surface area contributed by atoms with Gasteiger partial charge >= 0.3 is 6.18 Å². The Morgan fingerprint density at radius 3 is 2.61 bits per heavy atom. The summed E-state index contributed by atoms with van der Waals surface area (Å²) < 4.78 is 45.5. The van der Waals surface area contributed by atoms with Crippen molar-refractivity contribution in [2.75, 3.05) is 11.9 Å². The molecule has 0 fully saturated rings. The van der Waals surface area contributed by atoms with Crippen LogP contribution in [0.4, 0.5) is 19.1 Å². The molecule has 0 unspecified atom stereocenters. The first kappa shape index (κ1) is 17.8. The molecule has 5 nitrogen and oxygen atoms in total. The molecule has 0 radical (unpaired) electrons. The summed E-state index contributed by atoms with van der Waals surface area (Å²) in [6, 6.07) is 14.2. The molecule has 0 atom stereocenters. The molecule has 0 spiro atoms. The highest BCUT2D eigenvalue weighted by atomic mass is 19.4. The van der Waals surface area contributed by atoms with Crippen LogP contribution >= 0.6 is 0 Å². The molecule has 0 saturated heterocycles. The van der Waals surface area contributed by atoms with Crippen molar-refractivity contribution in [2.45, 2.75) is 6.18 Å². The molecule has 0 bridgehead atoms. The van der Waals surface area contributed by atoms with E-state index in [2.05, 4.69) is 22.0 Å². The molecule has 28 heavy (non-hydrogen) atoms. The van der Waals surface area contributed by atoms with E-state index in [1.54, 1.807) is 10.8 Å². The van der Waals surface area contributed by atoms with Gasteiger partial charge in [0.15, 0.2) is 5.82 Å². The van der Waals surface area contributed by atoms with E-state index in [-0.39, 0.29) is 12.4 Å². The van der Waals surface area contributed by atoms with Gasteiger partial charge < -0.3 is 10.1 Å². The molecule has 1 aromatic heterocycles. The van der Waals surface area contributed by atoms with Crippen LogP contribution in [0.3, 0.4) is 0 Å². The third-order valence-corrected chi connectivity index (χ3v) is 4.08. The first-order chi connectivity index (χ1) is 13.4. The van der Waals surface area contributed by atoms with E-state index < -0.39 is 11.7 Å². The standard InChI is InChI=1S/C20H15F3N4O/c1-13-10-16(12-28-17-9-5-8-15(11-17)20(21,22)23)24-19-25-18(26-27(13)19)14-6-3-2-4-7-14/h2-11H,1,12H2,(H,24,25,26).